The van der Waals surface area contributed by atoms with Gasteiger partial charge >= 0.3 is 0 Å². The van der Waals surface area contributed by atoms with E-state index in [1.54, 1.807) is 30.7 Å². The number of imidazole rings is 1. The standard InChI is InChI=1S/C28H24N4O2S2/c1-20(33)31(23-13-7-4-8-14-23)28-30-22(19-36-28)18-35-27-29-17-25(21-11-5-3-6-12-21)32(27)24-15-9-10-16-26(24)34-2/h3-17,19H,18H2,1-2H3. The molecular formula is C28H24N4O2S2. The fourth-order valence-electron chi connectivity index (χ4n) is 3.90. The summed E-state index contributed by atoms with van der Waals surface area (Å²) in [6, 6.07) is 27.7. The van der Waals surface area contributed by atoms with Crippen LogP contribution in [-0.4, -0.2) is 27.6 Å². The van der Waals surface area contributed by atoms with Gasteiger partial charge in [0, 0.05) is 23.6 Å². The molecule has 0 saturated carbocycles. The highest BCUT2D eigenvalue weighted by molar-refractivity contribution is 7.98. The van der Waals surface area contributed by atoms with Crippen molar-refractivity contribution in [3.05, 3.63) is 102 Å². The minimum absolute atomic E-state index is 0.0750. The van der Waals surface area contributed by atoms with E-state index >= 15 is 0 Å². The first-order chi connectivity index (χ1) is 17.7. The van der Waals surface area contributed by atoms with Crippen LogP contribution in [0, 0.1) is 0 Å². The quantitative estimate of drug-likeness (QED) is 0.210. The van der Waals surface area contributed by atoms with Crippen molar-refractivity contribution in [3.8, 4) is 22.7 Å². The lowest BCUT2D eigenvalue weighted by Gasteiger charge is -2.17. The molecule has 3 aromatic carbocycles. The highest BCUT2D eigenvalue weighted by atomic mass is 32.2. The lowest BCUT2D eigenvalue weighted by molar-refractivity contribution is -0.115. The number of benzene rings is 3. The van der Waals surface area contributed by atoms with Crippen molar-refractivity contribution >= 4 is 39.8 Å². The van der Waals surface area contributed by atoms with Crippen LogP contribution in [-0.2, 0) is 10.5 Å². The van der Waals surface area contributed by atoms with Gasteiger partial charge in [0.05, 0.1) is 36.1 Å². The van der Waals surface area contributed by atoms with Gasteiger partial charge in [0.25, 0.3) is 0 Å². The number of hydrogen-bond acceptors (Lipinski definition) is 6. The normalized spacial score (nSPS) is 10.8. The van der Waals surface area contributed by atoms with Gasteiger partial charge in [0.2, 0.25) is 5.91 Å². The smallest absolute Gasteiger partial charge is 0.230 e. The number of methoxy groups -OCH3 is 1. The number of thioether (sulfide) groups is 1. The maximum Gasteiger partial charge on any atom is 0.230 e. The molecule has 0 N–H and O–H groups in total. The van der Waals surface area contributed by atoms with E-state index in [2.05, 4.69) is 16.7 Å². The summed E-state index contributed by atoms with van der Waals surface area (Å²) in [6.45, 7) is 1.55. The van der Waals surface area contributed by atoms with Crippen LogP contribution < -0.4 is 9.64 Å². The van der Waals surface area contributed by atoms with Crippen molar-refractivity contribution in [2.24, 2.45) is 0 Å². The number of amides is 1. The Kier molecular flexibility index (Phi) is 7.16. The van der Waals surface area contributed by atoms with E-state index in [0.29, 0.717) is 10.9 Å². The minimum Gasteiger partial charge on any atom is -0.495 e. The van der Waals surface area contributed by atoms with E-state index < -0.39 is 0 Å². The van der Waals surface area contributed by atoms with Crippen molar-refractivity contribution in [3.63, 3.8) is 0 Å². The van der Waals surface area contributed by atoms with Gasteiger partial charge in [-0.2, -0.15) is 0 Å². The van der Waals surface area contributed by atoms with Gasteiger partial charge in [-0.1, -0.05) is 72.4 Å². The Balaban J connectivity index is 1.46. The van der Waals surface area contributed by atoms with Gasteiger partial charge in [0.15, 0.2) is 10.3 Å². The predicted octanol–water partition coefficient (Wildman–Crippen LogP) is 6.98. The first-order valence-electron chi connectivity index (χ1n) is 11.3. The van der Waals surface area contributed by atoms with Crippen LogP contribution in [0.15, 0.2) is 102 Å². The zero-order valence-electron chi connectivity index (χ0n) is 19.9. The first kappa shape index (κ1) is 23.8. The topological polar surface area (TPSA) is 60.2 Å². The average molecular weight is 513 g/mol. The third kappa shape index (κ3) is 4.91. The second-order valence-corrected chi connectivity index (χ2v) is 9.68. The van der Waals surface area contributed by atoms with Crippen LogP contribution in [0.3, 0.4) is 0 Å². The monoisotopic (exact) mass is 512 g/mol. The second kappa shape index (κ2) is 10.8. The molecule has 0 aliphatic heterocycles. The first-order valence-corrected chi connectivity index (χ1v) is 13.2. The van der Waals surface area contributed by atoms with Crippen molar-refractivity contribution in [1.82, 2.24) is 14.5 Å². The van der Waals surface area contributed by atoms with Gasteiger partial charge in [-0.25, -0.2) is 9.97 Å². The summed E-state index contributed by atoms with van der Waals surface area (Å²) in [6.07, 6.45) is 1.89. The Bertz CT molecular complexity index is 1470. The summed E-state index contributed by atoms with van der Waals surface area (Å²) in [5, 5.41) is 3.48. The van der Waals surface area contributed by atoms with Gasteiger partial charge < -0.3 is 4.74 Å². The van der Waals surface area contributed by atoms with E-state index in [4.69, 9.17) is 14.7 Å². The average Bonchev–Trinajstić information content (AvgIpc) is 3.55. The molecule has 0 spiro atoms. The lowest BCUT2D eigenvalue weighted by Crippen LogP contribution is -2.22. The summed E-state index contributed by atoms with van der Waals surface area (Å²) >= 11 is 3.05. The van der Waals surface area contributed by atoms with E-state index in [9.17, 15) is 4.79 Å². The van der Waals surface area contributed by atoms with E-state index in [1.807, 2.05) is 84.4 Å². The third-order valence-electron chi connectivity index (χ3n) is 5.53. The van der Waals surface area contributed by atoms with Crippen LogP contribution in [0.4, 0.5) is 10.8 Å². The van der Waals surface area contributed by atoms with Gasteiger partial charge in [-0.05, 0) is 24.3 Å². The van der Waals surface area contributed by atoms with Crippen LogP contribution in [0.25, 0.3) is 16.9 Å². The molecule has 0 bridgehead atoms. The molecule has 0 fully saturated rings. The molecule has 6 nitrogen and oxygen atoms in total. The molecular weight excluding hydrogens is 488 g/mol. The van der Waals surface area contributed by atoms with Crippen molar-refractivity contribution in [2.75, 3.05) is 12.0 Å². The largest absolute Gasteiger partial charge is 0.495 e. The number of thiazole rings is 1. The van der Waals surface area contributed by atoms with E-state index in [1.165, 1.54) is 11.3 Å². The SMILES string of the molecule is COc1ccccc1-n1c(-c2ccccc2)cnc1SCc1csc(N(C(C)=O)c2ccccc2)n1. The second-order valence-electron chi connectivity index (χ2n) is 7.90. The highest BCUT2D eigenvalue weighted by Gasteiger charge is 2.20. The summed E-state index contributed by atoms with van der Waals surface area (Å²) in [5.41, 5.74) is 4.66. The molecule has 5 rings (SSSR count). The summed E-state index contributed by atoms with van der Waals surface area (Å²) < 4.78 is 7.79. The predicted molar refractivity (Wildman–Crippen MR) is 146 cm³/mol. The summed E-state index contributed by atoms with van der Waals surface area (Å²) in [4.78, 5) is 23.6. The molecule has 2 aromatic heterocycles. The van der Waals surface area contributed by atoms with Gasteiger partial charge in [-0.3, -0.25) is 14.3 Å². The minimum atomic E-state index is -0.0750. The number of hydrogen-bond donors (Lipinski definition) is 0. The Hall–Kier alpha value is -3.88. The number of ether oxygens (including phenoxy) is 1. The van der Waals surface area contributed by atoms with Crippen LogP contribution in [0.5, 0.6) is 5.75 Å². The highest BCUT2D eigenvalue weighted by Crippen LogP contribution is 2.36. The molecule has 5 aromatic rings. The van der Waals surface area contributed by atoms with Crippen molar-refractivity contribution in [2.45, 2.75) is 17.8 Å². The van der Waals surface area contributed by atoms with E-state index in [-0.39, 0.29) is 5.91 Å². The number of nitrogens with zero attached hydrogens (tertiary/aromatic N) is 4. The maximum absolute atomic E-state index is 12.4. The Morgan fingerprint density at radius 2 is 1.69 bits per heavy atom. The third-order valence-corrected chi connectivity index (χ3v) is 7.40. The molecule has 2 heterocycles. The molecule has 0 aliphatic carbocycles. The van der Waals surface area contributed by atoms with Crippen LogP contribution >= 0.6 is 23.1 Å². The molecule has 36 heavy (non-hydrogen) atoms. The molecule has 0 aliphatic rings. The fraction of sp³-hybridized carbons (Fsp3) is 0.107. The molecule has 1 amide bonds. The van der Waals surface area contributed by atoms with Crippen molar-refractivity contribution < 1.29 is 9.53 Å². The van der Waals surface area contributed by atoms with Gasteiger partial charge in [0.1, 0.15) is 5.75 Å². The number of carbonyl (C=O) groups excluding carboxylic acids is 1. The van der Waals surface area contributed by atoms with Gasteiger partial charge in [-0.15, -0.1) is 11.3 Å². The molecule has 0 atom stereocenters. The summed E-state index contributed by atoms with van der Waals surface area (Å²) in [7, 11) is 1.68. The zero-order chi connectivity index (χ0) is 24.9. The molecule has 0 unspecified atom stereocenters. The number of anilines is 2. The molecule has 0 saturated heterocycles. The Labute approximate surface area is 218 Å². The zero-order valence-corrected chi connectivity index (χ0v) is 21.5. The number of aromatic nitrogens is 3. The van der Waals surface area contributed by atoms with Crippen LogP contribution in [0.2, 0.25) is 0 Å². The molecule has 0 radical (unpaired) electrons. The van der Waals surface area contributed by atoms with Crippen LogP contribution in [0.1, 0.15) is 12.6 Å². The summed E-state index contributed by atoms with van der Waals surface area (Å²) in [5.74, 6) is 1.30. The number of carbonyl (C=O) groups is 1. The maximum atomic E-state index is 12.4. The molecule has 8 heteroatoms. The fourth-order valence-corrected chi connectivity index (χ4v) is 5.77. The Morgan fingerprint density at radius 1 is 1.00 bits per heavy atom. The lowest BCUT2D eigenvalue weighted by atomic mass is 10.1. The Morgan fingerprint density at radius 3 is 2.42 bits per heavy atom. The van der Waals surface area contributed by atoms with Crippen molar-refractivity contribution in [1.29, 1.82) is 0 Å². The molecule has 180 valence electrons. The van der Waals surface area contributed by atoms with E-state index in [0.717, 1.165) is 39.2 Å². The number of rotatable bonds is 8. The number of para-hydroxylation sites is 3.